The lowest BCUT2D eigenvalue weighted by Crippen LogP contribution is -2.26. The number of carbonyl (C=O) groups is 1. The lowest BCUT2D eigenvalue weighted by Gasteiger charge is -2.06. The molecule has 3 aromatic heterocycles. The Morgan fingerprint density at radius 3 is 2.82 bits per heavy atom. The first-order chi connectivity index (χ1) is 13.5. The molecule has 1 amide bonds. The van der Waals surface area contributed by atoms with Crippen LogP contribution in [0.15, 0.2) is 42.6 Å². The van der Waals surface area contributed by atoms with Gasteiger partial charge in [0, 0.05) is 36.4 Å². The molecule has 7 nitrogen and oxygen atoms in total. The number of aryl methyl sites for hydroxylation is 2. The Morgan fingerprint density at radius 2 is 2.04 bits per heavy atom. The topological polar surface area (TPSA) is 88.5 Å². The molecule has 4 aromatic rings. The van der Waals surface area contributed by atoms with Crippen LogP contribution in [0.4, 0.5) is 0 Å². The van der Waals surface area contributed by atoms with Crippen molar-refractivity contribution in [2.24, 2.45) is 7.05 Å². The van der Waals surface area contributed by atoms with Crippen molar-refractivity contribution in [3.63, 3.8) is 0 Å². The number of hydrogen-bond donors (Lipinski definition) is 2. The Hall–Kier alpha value is -3.48. The SMILES string of the molecule is Cc1nn(C)c(C)c1-c1cc(C(=O)NCCc2cccc3cccnc23)[nH]n1. The summed E-state index contributed by atoms with van der Waals surface area (Å²) in [7, 11) is 1.90. The van der Waals surface area contributed by atoms with Gasteiger partial charge in [-0.15, -0.1) is 0 Å². The van der Waals surface area contributed by atoms with Crippen molar-refractivity contribution in [3.05, 3.63) is 65.2 Å². The quantitative estimate of drug-likeness (QED) is 0.562. The van der Waals surface area contributed by atoms with E-state index in [1.54, 1.807) is 12.3 Å². The summed E-state index contributed by atoms with van der Waals surface area (Å²) in [5.41, 5.74) is 6.12. The average molecular weight is 374 g/mol. The van der Waals surface area contributed by atoms with Gasteiger partial charge >= 0.3 is 0 Å². The Bertz CT molecular complexity index is 1150. The molecule has 3 heterocycles. The fourth-order valence-electron chi connectivity index (χ4n) is 3.49. The number of carbonyl (C=O) groups excluding carboxylic acids is 1. The normalized spacial score (nSPS) is 11.1. The van der Waals surface area contributed by atoms with Crippen molar-refractivity contribution >= 4 is 16.8 Å². The van der Waals surface area contributed by atoms with Crippen LogP contribution < -0.4 is 5.32 Å². The van der Waals surface area contributed by atoms with Crippen LogP contribution in [0.5, 0.6) is 0 Å². The first-order valence-electron chi connectivity index (χ1n) is 9.21. The first kappa shape index (κ1) is 17.9. The Morgan fingerprint density at radius 1 is 1.21 bits per heavy atom. The van der Waals surface area contributed by atoms with Gasteiger partial charge in [-0.05, 0) is 38.0 Å². The van der Waals surface area contributed by atoms with Crippen LogP contribution in [0, 0.1) is 13.8 Å². The third-order valence-corrected chi connectivity index (χ3v) is 4.98. The van der Waals surface area contributed by atoms with E-state index in [1.165, 1.54) is 0 Å². The minimum absolute atomic E-state index is 0.175. The zero-order valence-corrected chi connectivity index (χ0v) is 16.2. The number of fused-ring (bicyclic) bond motifs is 1. The number of nitrogens with zero attached hydrogens (tertiary/aromatic N) is 4. The first-order valence-corrected chi connectivity index (χ1v) is 9.21. The number of H-pyrrole nitrogens is 1. The molecule has 0 fully saturated rings. The number of nitrogens with one attached hydrogen (secondary N) is 2. The van der Waals surface area contributed by atoms with Gasteiger partial charge in [-0.25, -0.2) is 0 Å². The van der Waals surface area contributed by atoms with E-state index in [1.807, 2.05) is 55.9 Å². The summed E-state index contributed by atoms with van der Waals surface area (Å²) in [6.45, 7) is 4.45. The summed E-state index contributed by atoms with van der Waals surface area (Å²) in [4.78, 5) is 17.0. The van der Waals surface area contributed by atoms with E-state index in [0.29, 0.717) is 18.7 Å². The molecule has 28 heavy (non-hydrogen) atoms. The molecular weight excluding hydrogens is 352 g/mol. The fourth-order valence-corrected chi connectivity index (χ4v) is 3.49. The van der Waals surface area contributed by atoms with Gasteiger partial charge in [-0.2, -0.15) is 10.2 Å². The second-order valence-corrected chi connectivity index (χ2v) is 6.83. The number of benzene rings is 1. The molecule has 0 bridgehead atoms. The van der Waals surface area contributed by atoms with Gasteiger partial charge in [-0.1, -0.05) is 24.3 Å². The molecule has 4 rings (SSSR count). The largest absolute Gasteiger partial charge is 0.350 e. The molecule has 0 aliphatic rings. The number of para-hydroxylation sites is 1. The van der Waals surface area contributed by atoms with E-state index in [4.69, 9.17) is 0 Å². The Kier molecular flexibility index (Phi) is 4.65. The predicted molar refractivity (Wildman–Crippen MR) is 108 cm³/mol. The van der Waals surface area contributed by atoms with Crippen LogP contribution in [0.1, 0.15) is 27.4 Å². The Balaban J connectivity index is 1.44. The fraction of sp³-hybridized carbons (Fsp3) is 0.238. The van der Waals surface area contributed by atoms with Crippen molar-refractivity contribution in [3.8, 4) is 11.3 Å². The third-order valence-electron chi connectivity index (χ3n) is 4.98. The molecule has 0 saturated heterocycles. The summed E-state index contributed by atoms with van der Waals surface area (Å²) in [6, 6.07) is 11.8. The standard InChI is InChI=1S/C21H22N6O/c1-13-19(14(2)27(3)26-13)17-12-18(25-24-17)21(28)23-11-9-16-7-4-6-15-8-5-10-22-20(15)16/h4-8,10,12H,9,11H2,1-3H3,(H,23,28)(H,24,25). The zero-order valence-electron chi connectivity index (χ0n) is 16.2. The van der Waals surface area contributed by atoms with Crippen molar-refractivity contribution in [1.82, 2.24) is 30.3 Å². The highest BCUT2D eigenvalue weighted by Crippen LogP contribution is 2.25. The average Bonchev–Trinajstić information content (AvgIpc) is 3.26. The maximum atomic E-state index is 12.5. The molecular formula is C21H22N6O. The molecule has 0 radical (unpaired) electrons. The van der Waals surface area contributed by atoms with Crippen molar-refractivity contribution in [2.75, 3.05) is 6.54 Å². The van der Waals surface area contributed by atoms with E-state index in [9.17, 15) is 4.79 Å². The van der Waals surface area contributed by atoms with Crippen LogP contribution in [-0.2, 0) is 13.5 Å². The predicted octanol–water partition coefficient (Wildman–Crippen LogP) is 2.95. The second kappa shape index (κ2) is 7.26. The van der Waals surface area contributed by atoms with Gasteiger partial charge < -0.3 is 5.32 Å². The molecule has 142 valence electrons. The zero-order chi connectivity index (χ0) is 19.7. The maximum absolute atomic E-state index is 12.5. The van der Waals surface area contributed by atoms with E-state index in [-0.39, 0.29) is 5.91 Å². The van der Waals surface area contributed by atoms with Crippen LogP contribution in [0.25, 0.3) is 22.2 Å². The molecule has 0 saturated carbocycles. The summed E-state index contributed by atoms with van der Waals surface area (Å²) < 4.78 is 1.82. The van der Waals surface area contributed by atoms with Gasteiger partial charge in [0.25, 0.3) is 5.91 Å². The summed E-state index contributed by atoms with van der Waals surface area (Å²) in [5, 5.41) is 15.6. The molecule has 1 aromatic carbocycles. The molecule has 0 unspecified atom stereocenters. The molecule has 0 aliphatic carbocycles. The van der Waals surface area contributed by atoms with Crippen molar-refractivity contribution < 1.29 is 4.79 Å². The number of rotatable bonds is 5. The highest BCUT2D eigenvalue weighted by atomic mass is 16.1. The van der Waals surface area contributed by atoms with Crippen molar-refractivity contribution in [1.29, 1.82) is 0 Å². The molecule has 0 atom stereocenters. The smallest absolute Gasteiger partial charge is 0.269 e. The van der Waals surface area contributed by atoms with Crippen molar-refractivity contribution in [2.45, 2.75) is 20.3 Å². The summed E-state index contributed by atoms with van der Waals surface area (Å²) in [6.07, 6.45) is 2.50. The van der Waals surface area contributed by atoms with Gasteiger partial charge in [-0.3, -0.25) is 19.6 Å². The summed E-state index contributed by atoms with van der Waals surface area (Å²) >= 11 is 0. The summed E-state index contributed by atoms with van der Waals surface area (Å²) in [5.74, 6) is -0.175. The number of amides is 1. The van der Waals surface area contributed by atoms with Gasteiger partial charge in [0.2, 0.25) is 0 Å². The van der Waals surface area contributed by atoms with E-state index < -0.39 is 0 Å². The Labute approximate surface area is 162 Å². The third kappa shape index (κ3) is 3.26. The van der Waals surface area contributed by atoms with E-state index in [2.05, 4.69) is 25.6 Å². The molecule has 2 N–H and O–H groups in total. The number of aromatic nitrogens is 5. The van der Waals surface area contributed by atoms with Gasteiger partial charge in [0.15, 0.2) is 0 Å². The molecule has 7 heteroatoms. The lowest BCUT2D eigenvalue weighted by molar-refractivity contribution is 0.0949. The number of hydrogen-bond acceptors (Lipinski definition) is 4. The highest BCUT2D eigenvalue weighted by Gasteiger charge is 2.17. The van der Waals surface area contributed by atoms with Crippen LogP contribution in [0.3, 0.4) is 0 Å². The van der Waals surface area contributed by atoms with Gasteiger partial charge in [0.05, 0.1) is 16.9 Å². The number of aromatic amines is 1. The van der Waals surface area contributed by atoms with E-state index in [0.717, 1.165) is 39.1 Å². The highest BCUT2D eigenvalue weighted by molar-refractivity contribution is 5.93. The van der Waals surface area contributed by atoms with Crippen LogP contribution in [0.2, 0.25) is 0 Å². The second-order valence-electron chi connectivity index (χ2n) is 6.83. The minimum Gasteiger partial charge on any atom is -0.350 e. The minimum atomic E-state index is -0.175. The van der Waals surface area contributed by atoms with E-state index >= 15 is 0 Å². The lowest BCUT2D eigenvalue weighted by atomic mass is 10.1. The molecule has 0 spiro atoms. The van der Waals surface area contributed by atoms with Gasteiger partial charge in [0.1, 0.15) is 5.69 Å². The van der Waals surface area contributed by atoms with Crippen LogP contribution >= 0.6 is 0 Å². The van der Waals surface area contributed by atoms with Crippen LogP contribution in [-0.4, -0.2) is 37.4 Å². The molecule has 0 aliphatic heterocycles. The maximum Gasteiger partial charge on any atom is 0.269 e. The number of pyridine rings is 1. The monoisotopic (exact) mass is 374 g/mol.